The standard InChI is InChI=1S/C19H27N5O5S/c1-11(2)9-23-7-5-19(6-8-23)16(27)24(18(28)22-19)10-13(25)21-17-20-12(3)14(30-17)15(26)29-4/h11H,5-10H2,1-4H3,(H,22,28)(H,20,21,25). The van der Waals surface area contributed by atoms with Gasteiger partial charge in [-0.3, -0.25) is 14.5 Å². The Kier molecular flexibility index (Phi) is 6.41. The van der Waals surface area contributed by atoms with Crippen molar-refractivity contribution in [1.82, 2.24) is 20.1 Å². The van der Waals surface area contributed by atoms with Crippen LogP contribution in [0, 0.1) is 12.8 Å². The fraction of sp³-hybridized carbons (Fsp3) is 0.632. The average molecular weight is 438 g/mol. The molecule has 0 bridgehead atoms. The predicted octanol–water partition coefficient (Wildman–Crippen LogP) is 1.22. The maximum atomic E-state index is 13.0. The molecule has 1 spiro atoms. The summed E-state index contributed by atoms with van der Waals surface area (Å²) in [5.41, 5.74) is -0.495. The molecule has 2 aliphatic heterocycles. The van der Waals surface area contributed by atoms with E-state index in [1.807, 2.05) is 0 Å². The Morgan fingerprint density at radius 1 is 1.30 bits per heavy atom. The van der Waals surface area contributed by atoms with Crippen LogP contribution in [-0.2, 0) is 14.3 Å². The number of urea groups is 1. The lowest BCUT2D eigenvalue weighted by molar-refractivity contribution is -0.135. The van der Waals surface area contributed by atoms with Gasteiger partial charge in [0.05, 0.1) is 12.8 Å². The topological polar surface area (TPSA) is 121 Å². The van der Waals surface area contributed by atoms with E-state index in [1.54, 1.807) is 6.92 Å². The molecule has 0 atom stereocenters. The first-order chi connectivity index (χ1) is 14.1. The Balaban J connectivity index is 1.61. The molecule has 3 rings (SSSR count). The Bertz CT molecular complexity index is 859. The molecular weight excluding hydrogens is 410 g/mol. The van der Waals surface area contributed by atoms with Crippen LogP contribution >= 0.6 is 11.3 Å². The van der Waals surface area contributed by atoms with E-state index in [4.69, 9.17) is 0 Å². The van der Waals surface area contributed by atoms with Gasteiger partial charge in [0.15, 0.2) is 5.13 Å². The van der Waals surface area contributed by atoms with Crippen LogP contribution in [0.1, 0.15) is 42.1 Å². The van der Waals surface area contributed by atoms with Gasteiger partial charge in [-0.25, -0.2) is 14.6 Å². The van der Waals surface area contributed by atoms with Crippen molar-refractivity contribution in [2.45, 2.75) is 39.2 Å². The van der Waals surface area contributed by atoms with E-state index in [0.717, 1.165) is 35.9 Å². The van der Waals surface area contributed by atoms with Crippen molar-refractivity contribution >= 4 is 40.3 Å². The number of likely N-dealkylation sites (tertiary alicyclic amines) is 1. The summed E-state index contributed by atoms with van der Waals surface area (Å²) in [4.78, 5) is 57.1. The lowest BCUT2D eigenvalue weighted by Gasteiger charge is -2.37. The first-order valence-electron chi connectivity index (χ1n) is 9.87. The number of nitrogens with one attached hydrogen (secondary N) is 2. The maximum absolute atomic E-state index is 13.0. The summed E-state index contributed by atoms with van der Waals surface area (Å²) < 4.78 is 4.67. The second-order valence-electron chi connectivity index (χ2n) is 8.07. The zero-order valence-electron chi connectivity index (χ0n) is 17.6. The summed E-state index contributed by atoms with van der Waals surface area (Å²) >= 11 is 0.979. The Labute approximate surface area is 178 Å². The highest BCUT2D eigenvalue weighted by atomic mass is 32.1. The van der Waals surface area contributed by atoms with Crippen molar-refractivity contribution in [2.24, 2.45) is 5.92 Å². The van der Waals surface area contributed by atoms with Gasteiger partial charge in [-0.15, -0.1) is 0 Å². The van der Waals surface area contributed by atoms with E-state index in [0.29, 0.717) is 24.5 Å². The number of methoxy groups -OCH3 is 1. The molecule has 3 heterocycles. The van der Waals surface area contributed by atoms with E-state index in [-0.39, 0.29) is 15.9 Å². The van der Waals surface area contributed by atoms with Gasteiger partial charge in [-0.2, -0.15) is 0 Å². The molecule has 0 radical (unpaired) electrons. The highest BCUT2D eigenvalue weighted by Gasteiger charge is 2.52. The lowest BCUT2D eigenvalue weighted by atomic mass is 9.87. The van der Waals surface area contributed by atoms with Crippen molar-refractivity contribution in [3.8, 4) is 0 Å². The van der Waals surface area contributed by atoms with Crippen LogP contribution in [-0.4, -0.2) is 77.4 Å². The third kappa shape index (κ3) is 4.46. The highest BCUT2D eigenvalue weighted by molar-refractivity contribution is 7.17. The number of aromatic nitrogens is 1. The molecule has 2 aliphatic rings. The largest absolute Gasteiger partial charge is 0.465 e. The van der Waals surface area contributed by atoms with Crippen LogP contribution in [0.25, 0.3) is 0 Å². The number of thiazole rings is 1. The van der Waals surface area contributed by atoms with Crippen LogP contribution in [0.4, 0.5) is 9.93 Å². The summed E-state index contributed by atoms with van der Waals surface area (Å²) in [7, 11) is 1.26. The monoisotopic (exact) mass is 437 g/mol. The van der Waals surface area contributed by atoms with Gasteiger partial charge in [-0.05, 0) is 25.7 Å². The minimum Gasteiger partial charge on any atom is -0.465 e. The molecule has 30 heavy (non-hydrogen) atoms. The summed E-state index contributed by atoms with van der Waals surface area (Å²) in [6.45, 7) is 7.90. The molecule has 0 aromatic carbocycles. The van der Waals surface area contributed by atoms with Crippen LogP contribution in [0.3, 0.4) is 0 Å². The Hall–Kier alpha value is -2.53. The van der Waals surface area contributed by atoms with Crippen molar-refractivity contribution in [3.05, 3.63) is 10.6 Å². The number of rotatable bonds is 6. The molecule has 4 amide bonds. The lowest BCUT2D eigenvalue weighted by Crippen LogP contribution is -2.55. The summed E-state index contributed by atoms with van der Waals surface area (Å²) in [6, 6.07) is -0.557. The number of piperidine rings is 1. The number of carbonyl (C=O) groups is 4. The van der Waals surface area contributed by atoms with Crippen LogP contribution in [0.15, 0.2) is 0 Å². The third-order valence-corrected chi connectivity index (χ3v) is 6.35. The van der Waals surface area contributed by atoms with Crippen LogP contribution in [0.5, 0.6) is 0 Å². The number of esters is 1. The summed E-state index contributed by atoms with van der Waals surface area (Å²) in [5.74, 6) is -0.928. The number of imide groups is 1. The van der Waals surface area contributed by atoms with Gasteiger partial charge in [0.2, 0.25) is 5.91 Å². The van der Waals surface area contributed by atoms with E-state index in [1.165, 1.54) is 7.11 Å². The van der Waals surface area contributed by atoms with Gasteiger partial charge in [0.25, 0.3) is 5.91 Å². The van der Waals surface area contributed by atoms with Gasteiger partial charge in [-0.1, -0.05) is 25.2 Å². The summed E-state index contributed by atoms with van der Waals surface area (Å²) in [5, 5.41) is 5.56. The number of hydrogen-bond acceptors (Lipinski definition) is 8. The van der Waals surface area contributed by atoms with Gasteiger partial charge in [0.1, 0.15) is 17.0 Å². The maximum Gasteiger partial charge on any atom is 0.350 e. The third-order valence-electron chi connectivity index (χ3n) is 5.29. The van der Waals surface area contributed by atoms with E-state index in [2.05, 4.69) is 39.1 Å². The number of aryl methyl sites for hydroxylation is 1. The number of nitrogens with zero attached hydrogens (tertiary/aromatic N) is 3. The second-order valence-corrected chi connectivity index (χ2v) is 9.07. The van der Waals surface area contributed by atoms with Crippen molar-refractivity contribution in [3.63, 3.8) is 0 Å². The Morgan fingerprint density at radius 2 is 1.97 bits per heavy atom. The first-order valence-corrected chi connectivity index (χ1v) is 10.7. The van der Waals surface area contributed by atoms with E-state index in [9.17, 15) is 19.2 Å². The number of amides is 4. The normalized spacial score (nSPS) is 18.8. The molecule has 1 aromatic rings. The first kappa shape index (κ1) is 22.2. The zero-order valence-corrected chi connectivity index (χ0v) is 18.4. The molecule has 0 saturated carbocycles. The molecule has 2 N–H and O–H groups in total. The minimum atomic E-state index is -0.930. The van der Waals surface area contributed by atoms with Crippen LogP contribution in [0.2, 0.25) is 0 Å². The number of carbonyl (C=O) groups excluding carboxylic acids is 4. The van der Waals surface area contributed by atoms with Gasteiger partial charge < -0.3 is 20.3 Å². The number of ether oxygens (including phenoxy) is 1. The second kappa shape index (κ2) is 8.68. The molecule has 0 aliphatic carbocycles. The highest BCUT2D eigenvalue weighted by Crippen LogP contribution is 2.30. The van der Waals surface area contributed by atoms with Crippen molar-refractivity contribution in [2.75, 3.05) is 38.6 Å². The van der Waals surface area contributed by atoms with Gasteiger partial charge >= 0.3 is 12.0 Å². The molecular formula is C19H27N5O5S. The molecule has 0 unspecified atom stereocenters. The fourth-order valence-corrected chi connectivity index (χ4v) is 4.73. The van der Waals surface area contributed by atoms with E-state index >= 15 is 0 Å². The average Bonchev–Trinajstić information content (AvgIpc) is 3.15. The molecule has 1 aromatic heterocycles. The smallest absolute Gasteiger partial charge is 0.350 e. The molecule has 10 nitrogen and oxygen atoms in total. The minimum absolute atomic E-state index is 0.210. The zero-order chi connectivity index (χ0) is 22.1. The van der Waals surface area contributed by atoms with Crippen LogP contribution < -0.4 is 10.6 Å². The number of hydrogen-bond donors (Lipinski definition) is 2. The number of anilines is 1. The van der Waals surface area contributed by atoms with Crippen molar-refractivity contribution in [1.29, 1.82) is 0 Å². The molecule has 164 valence electrons. The molecule has 2 fully saturated rings. The van der Waals surface area contributed by atoms with Gasteiger partial charge in [0, 0.05) is 19.6 Å². The summed E-state index contributed by atoms with van der Waals surface area (Å²) in [6.07, 6.45) is 1.05. The molecule has 11 heteroatoms. The predicted molar refractivity (Wildman–Crippen MR) is 110 cm³/mol. The SMILES string of the molecule is COC(=O)c1sc(NC(=O)CN2C(=O)NC3(CCN(CC(C)C)CC3)C2=O)nc1C. The quantitative estimate of drug-likeness (QED) is 0.507. The van der Waals surface area contributed by atoms with E-state index < -0.39 is 30.0 Å². The molecule has 2 saturated heterocycles. The fourth-order valence-electron chi connectivity index (χ4n) is 3.83. The van der Waals surface area contributed by atoms with Crippen molar-refractivity contribution < 1.29 is 23.9 Å². The Morgan fingerprint density at radius 3 is 2.57 bits per heavy atom.